The molecule has 0 amide bonds. The number of nitrogens with zero attached hydrogens (tertiary/aromatic N) is 1. The van der Waals surface area contributed by atoms with Crippen molar-refractivity contribution in [2.75, 3.05) is 13.1 Å². The minimum absolute atomic E-state index is 0.150. The summed E-state index contributed by atoms with van der Waals surface area (Å²) < 4.78 is 2.17. The van der Waals surface area contributed by atoms with E-state index < -0.39 is 6.10 Å². The number of aliphatic hydroxyl groups excluding tert-OH is 1. The summed E-state index contributed by atoms with van der Waals surface area (Å²) in [6.45, 7) is 5.50. The predicted molar refractivity (Wildman–Crippen MR) is 101 cm³/mol. The van der Waals surface area contributed by atoms with E-state index in [2.05, 4.69) is 35.1 Å². The molecule has 3 rings (SSSR count). The maximum absolute atomic E-state index is 10.9. The Bertz CT molecular complexity index is 813. The van der Waals surface area contributed by atoms with Gasteiger partial charge < -0.3 is 15.0 Å². The van der Waals surface area contributed by atoms with Crippen LogP contribution in [0.1, 0.15) is 24.1 Å². The number of hydrogen-bond donors (Lipinski definition) is 2. The zero-order valence-corrected chi connectivity index (χ0v) is 14.8. The first-order valence-corrected chi connectivity index (χ1v) is 8.70. The van der Waals surface area contributed by atoms with Crippen LogP contribution in [0.15, 0.2) is 54.7 Å². The Balaban J connectivity index is 2.12. The zero-order valence-electron chi connectivity index (χ0n) is 14.0. The Morgan fingerprint density at radius 1 is 1.17 bits per heavy atom. The van der Waals surface area contributed by atoms with Gasteiger partial charge in [0.1, 0.15) is 0 Å². The molecule has 1 aromatic heterocycles. The molecule has 0 bridgehead atoms. The standard InChI is InChI=1S/C20H23ClN2O/c1-3-22-12-19(24)20(15-7-5-4-6-8-15)23-13-14(2)17-11-16(21)9-10-18(17)23/h4-11,13,19-20,22,24H,3,12H2,1-2H3/t19-,20+/m1/s1. The second kappa shape index (κ2) is 7.39. The van der Waals surface area contributed by atoms with Crippen LogP contribution in [0.4, 0.5) is 0 Å². The second-order valence-electron chi connectivity index (χ2n) is 6.11. The van der Waals surface area contributed by atoms with Gasteiger partial charge in [0.15, 0.2) is 0 Å². The quantitative estimate of drug-likeness (QED) is 0.705. The van der Waals surface area contributed by atoms with Crippen molar-refractivity contribution in [3.05, 3.63) is 70.9 Å². The molecule has 0 saturated heterocycles. The molecule has 0 aliphatic carbocycles. The molecule has 4 heteroatoms. The molecule has 3 nitrogen and oxygen atoms in total. The SMILES string of the molecule is CCNC[C@@H](O)[C@H](c1ccccc1)n1cc(C)c2cc(Cl)ccc21. The van der Waals surface area contributed by atoms with Crippen LogP contribution in [-0.4, -0.2) is 28.9 Å². The molecular weight excluding hydrogens is 320 g/mol. The summed E-state index contributed by atoms with van der Waals surface area (Å²) in [7, 11) is 0. The summed E-state index contributed by atoms with van der Waals surface area (Å²) in [5, 5.41) is 16.0. The Labute approximate surface area is 147 Å². The fourth-order valence-electron chi connectivity index (χ4n) is 3.25. The summed E-state index contributed by atoms with van der Waals surface area (Å²) in [6, 6.07) is 15.9. The van der Waals surface area contributed by atoms with Crippen LogP contribution in [0.3, 0.4) is 0 Å². The number of nitrogens with one attached hydrogen (secondary N) is 1. The molecule has 0 radical (unpaired) electrons. The minimum atomic E-state index is -0.530. The Morgan fingerprint density at radius 2 is 1.92 bits per heavy atom. The third kappa shape index (κ3) is 3.34. The number of benzene rings is 2. The van der Waals surface area contributed by atoms with Gasteiger partial charge in [-0.05, 0) is 42.8 Å². The lowest BCUT2D eigenvalue weighted by Gasteiger charge is -2.26. The number of rotatable bonds is 6. The van der Waals surface area contributed by atoms with Gasteiger partial charge in [-0.25, -0.2) is 0 Å². The molecule has 2 atom stereocenters. The number of likely N-dealkylation sites (N-methyl/N-ethyl adjacent to an activating group) is 1. The van der Waals surface area contributed by atoms with Crippen LogP contribution in [0, 0.1) is 6.92 Å². The smallest absolute Gasteiger partial charge is 0.0912 e. The van der Waals surface area contributed by atoms with Crippen LogP contribution in [0.5, 0.6) is 0 Å². The van der Waals surface area contributed by atoms with Gasteiger partial charge in [-0.3, -0.25) is 0 Å². The molecule has 2 N–H and O–H groups in total. The lowest BCUT2D eigenvalue weighted by Crippen LogP contribution is -2.34. The first-order valence-electron chi connectivity index (χ1n) is 8.32. The second-order valence-corrected chi connectivity index (χ2v) is 6.55. The highest BCUT2D eigenvalue weighted by atomic mass is 35.5. The topological polar surface area (TPSA) is 37.2 Å². The molecule has 0 spiro atoms. The molecule has 2 aromatic carbocycles. The maximum atomic E-state index is 10.9. The lowest BCUT2D eigenvalue weighted by atomic mass is 10.0. The number of aromatic nitrogens is 1. The Hall–Kier alpha value is -1.81. The van der Waals surface area contributed by atoms with Gasteiger partial charge in [-0.1, -0.05) is 48.9 Å². The predicted octanol–water partition coefficient (Wildman–Crippen LogP) is 4.16. The summed E-state index contributed by atoms with van der Waals surface area (Å²) in [5.41, 5.74) is 3.33. The molecule has 0 fully saturated rings. The fraction of sp³-hybridized carbons (Fsp3) is 0.300. The first kappa shape index (κ1) is 17.0. The average Bonchev–Trinajstić information content (AvgIpc) is 2.90. The molecule has 126 valence electrons. The third-order valence-corrected chi connectivity index (χ3v) is 4.64. The number of hydrogen-bond acceptors (Lipinski definition) is 2. The van der Waals surface area contributed by atoms with E-state index in [4.69, 9.17) is 11.6 Å². The Morgan fingerprint density at radius 3 is 2.62 bits per heavy atom. The van der Waals surface area contributed by atoms with Crippen molar-refractivity contribution in [2.45, 2.75) is 26.0 Å². The zero-order chi connectivity index (χ0) is 17.1. The van der Waals surface area contributed by atoms with Gasteiger partial charge in [-0.2, -0.15) is 0 Å². The van der Waals surface area contributed by atoms with Crippen LogP contribution in [0.25, 0.3) is 10.9 Å². The normalized spacial score (nSPS) is 14.0. The molecule has 1 heterocycles. The van der Waals surface area contributed by atoms with Gasteiger partial charge in [0.25, 0.3) is 0 Å². The highest BCUT2D eigenvalue weighted by Gasteiger charge is 2.24. The largest absolute Gasteiger partial charge is 0.389 e. The van der Waals surface area contributed by atoms with Crippen LogP contribution in [-0.2, 0) is 0 Å². The highest BCUT2D eigenvalue weighted by molar-refractivity contribution is 6.31. The van der Waals surface area contributed by atoms with E-state index in [1.54, 1.807) is 0 Å². The summed E-state index contributed by atoms with van der Waals surface area (Å²) >= 11 is 6.16. The molecule has 0 aliphatic heterocycles. The number of aryl methyl sites for hydroxylation is 1. The van der Waals surface area contributed by atoms with Crippen LogP contribution < -0.4 is 5.32 Å². The van der Waals surface area contributed by atoms with Crippen molar-refractivity contribution in [1.29, 1.82) is 0 Å². The van der Waals surface area contributed by atoms with E-state index in [1.165, 1.54) is 0 Å². The summed E-state index contributed by atoms with van der Waals surface area (Å²) in [6.07, 6.45) is 1.58. The van der Waals surface area contributed by atoms with Gasteiger partial charge in [0.2, 0.25) is 0 Å². The van der Waals surface area contributed by atoms with E-state index in [9.17, 15) is 5.11 Å². The van der Waals surface area contributed by atoms with Crippen molar-refractivity contribution in [2.24, 2.45) is 0 Å². The summed E-state index contributed by atoms with van der Waals surface area (Å²) in [4.78, 5) is 0. The van der Waals surface area contributed by atoms with Gasteiger partial charge >= 0.3 is 0 Å². The van der Waals surface area contributed by atoms with E-state index >= 15 is 0 Å². The van der Waals surface area contributed by atoms with Gasteiger partial charge in [0, 0.05) is 28.7 Å². The minimum Gasteiger partial charge on any atom is -0.389 e. The monoisotopic (exact) mass is 342 g/mol. The number of halogens is 1. The molecule has 3 aromatic rings. The molecular formula is C20H23ClN2O. The lowest BCUT2D eigenvalue weighted by molar-refractivity contribution is 0.130. The molecule has 0 aliphatic rings. The van der Waals surface area contributed by atoms with Gasteiger partial charge in [0.05, 0.1) is 12.1 Å². The number of aliphatic hydroxyl groups is 1. The average molecular weight is 343 g/mol. The molecule has 0 unspecified atom stereocenters. The first-order chi connectivity index (χ1) is 11.6. The van der Waals surface area contributed by atoms with E-state index in [1.807, 2.05) is 43.3 Å². The molecule has 24 heavy (non-hydrogen) atoms. The maximum Gasteiger partial charge on any atom is 0.0912 e. The van der Waals surface area contributed by atoms with E-state index in [0.717, 1.165) is 33.6 Å². The molecule has 0 saturated carbocycles. The van der Waals surface area contributed by atoms with Crippen molar-refractivity contribution < 1.29 is 5.11 Å². The van der Waals surface area contributed by atoms with Gasteiger partial charge in [-0.15, -0.1) is 0 Å². The Kier molecular flexibility index (Phi) is 5.24. The van der Waals surface area contributed by atoms with Crippen LogP contribution >= 0.6 is 11.6 Å². The summed E-state index contributed by atoms with van der Waals surface area (Å²) in [5.74, 6) is 0. The highest BCUT2D eigenvalue weighted by Crippen LogP contribution is 2.31. The van der Waals surface area contributed by atoms with Crippen molar-refractivity contribution >= 4 is 22.5 Å². The van der Waals surface area contributed by atoms with E-state index in [0.29, 0.717) is 6.54 Å². The van der Waals surface area contributed by atoms with Crippen molar-refractivity contribution in [3.8, 4) is 0 Å². The van der Waals surface area contributed by atoms with Crippen molar-refractivity contribution in [3.63, 3.8) is 0 Å². The number of fused-ring (bicyclic) bond motifs is 1. The van der Waals surface area contributed by atoms with Crippen LogP contribution in [0.2, 0.25) is 5.02 Å². The van der Waals surface area contributed by atoms with E-state index in [-0.39, 0.29) is 6.04 Å². The third-order valence-electron chi connectivity index (χ3n) is 4.40. The fourth-order valence-corrected chi connectivity index (χ4v) is 3.42. The van der Waals surface area contributed by atoms with Crippen molar-refractivity contribution in [1.82, 2.24) is 9.88 Å².